The Kier molecular flexibility index (Phi) is 4.17. The molecule has 0 aliphatic carbocycles. The zero-order valence-corrected chi connectivity index (χ0v) is 9.05. The van der Waals surface area contributed by atoms with Gasteiger partial charge in [0.25, 0.3) is 0 Å². The van der Waals surface area contributed by atoms with Crippen LogP contribution in [-0.2, 0) is 10.8 Å². The van der Waals surface area contributed by atoms with Gasteiger partial charge in [-0.2, -0.15) is 0 Å². The Bertz CT molecular complexity index is 231. The van der Waals surface area contributed by atoms with E-state index >= 15 is 0 Å². The van der Waals surface area contributed by atoms with Crippen LogP contribution in [0.15, 0.2) is 18.3 Å². The third-order valence-electron chi connectivity index (χ3n) is 1.23. The molecule has 0 unspecified atom stereocenters. The molecule has 0 bridgehead atoms. The highest BCUT2D eigenvalue weighted by Crippen LogP contribution is 2.15. The van der Waals surface area contributed by atoms with E-state index in [9.17, 15) is 0 Å². The van der Waals surface area contributed by atoms with Gasteiger partial charge in [0.15, 0.2) is 0 Å². The zero-order valence-electron chi connectivity index (χ0n) is 6.08. The average Bonchev–Trinajstić information content (AvgIpc) is 2.01. The Morgan fingerprint density at radius 2 is 2.55 bits per heavy atom. The van der Waals surface area contributed by atoms with Crippen molar-refractivity contribution in [3.05, 3.63) is 29.6 Å². The summed E-state index contributed by atoms with van der Waals surface area (Å²) < 4.78 is 5.15. The van der Waals surface area contributed by atoms with E-state index in [1.807, 2.05) is 19.1 Å². The Morgan fingerprint density at radius 1 is 1.73 bits per heavy atom. The first-order valence-electron chi connectivity index (χ1n) is 3.14. The summed E-state index contributed by atoms with van der Waals surface area (Å²) in [6, 6.07) is 3.98. The molecule has 2 nitrogen and oxygen atoms in total. The number of aryl methyl sites for hydroxylation is 1. The van der Waals surface area contributed by atoms with E-state index in [0.29, 0.717) is 6.61 Å². The summed E-state index contributed by atoms with van der Waals surface area (Å²) in [5.74, 6) is 0. The second-order valence-corrected chi connectivity index (χ2v) is 3.57. The largest absolute Gasteiger partial charge is 0.301 e. The Balaban J connectivity index is 2.56. The van der Waals surface area contributed by atoms with Gasteiger partial charge in [-0.1, -0.05) is 0 Å². The molecule has 0 saturated heterocycles. The normalized spacial score (nSPS) is 10.0. The van der Waals surface area contributed by atoms with Gasteiger partial charge in [-0.3, -0.25) is 4.98 Å². The van der Waals surface area contributed by atoms with Gasteiger partial charge in [0.1, 0.15) is 0 Å². The minimum absolute atomic E-state index is 0.650. The molecule has 4 heteroatoms. The Labute approximate surface area is 82.5 Å². The first-order chi connectivity index (χ1) is 5.33. The summed E-state index contributed by atoms with van der Waals surface area (Å²) >= 11 is 2.10. The van der Waals surface area contributed by atoms with Crippen molar-refractivity contribution in [2.24, 2.45) is 0 Å². The molecule has 0 aliphatic heterocycles. The van der Waals surface area contributed by atoms with Gasteiger partial charge < -0.3 is 4.18 Å². The van der Waals surface area contributed by atoms with E-state index in [1.54, 1.807) is 6.20 Å². The monoisotopic (exact) mass is 281 g/mol. The first-order valence-corrected chi connectivity index (χ1v) is 6.43. The molecule has 0 fully saturated rings. The van der Waals surface area contributed by atoms with E-state index in [1.165, 1.54) is 14.8 Å². The van der Waals surface area contributed by atoms with Gasteiger partial charge in [-0.05, 0) is 24.6 Å². The summed E-state index contributed by atoms with van der Waals surface area (Å²) in [6.45, 7) is 2.62. The second-order valence-electron chi connectivity index (χ2n) is 2.13. The molecule has 11 heavy (non-hydrogen) atoms. The molecule has 1 aromatic rings. The van der Waals surface area contributed by atoms with E-state index in [4.69, 9.17) is 4.18 Å². The number of aromatic nitrogens is 1. The summed E-state index contributed by atoms with van der Waals surface area (Å²) in [5.41, 5.74) is 2.20. The number of rotatable bonds is 3. The fourth-order valence-electron chi connectivity index (χ4n) is 0.784. The zero-order chi connectivity index (χ0) is 8.10. The van der Waals surface area contributed by atoms with Crippen molar-refractivity contribution in [1.82, 2.24) is 4.98 Å². The highest BCUT2D eigenvalue weighted by molar-refractivity contribution is 14.2. The first kappa shape index (κ1) is 9.28. The van der Waals surface area contributed by atoms with Crippen LogP contribution in [0.4, 0.5) is 0 Å². The van der Waals surface area contributed by atoms with Crippen LogP contribution in [0, 0.1) is 6.92 Å². The van der Waals surface area contributed by atoms with Gasteiger partial charge in [0.2, 0.25) is 0 Å². The van der Waals surface area contributed by atoms with Crippen molar-refractivity contribution in [3.63, 3.8) is 0 Å². The topological polar surface area (TPSA) is 22.1 Å². The Hall–Kier alpha value is 0.190. The van der Waals surface area contributed by atoms with Gasteiger partial charge in [0.05, 0.1) is 15.8 Å². The van der Waals surface area contributed by atoms with E-state index in [2.05, 4.69) is 26.2 Å². The lowest BCUT2D eigenvalue weighted by atomic mass is 10.2. The minimum atomic E-state index is 0.650. The maximum Gasteiger partial charge on any atom is 0.0875 e. The molecule has 0 saturated carbocycles. The highest BCUT2D eigenvalue weighted by atomic mass is 127. The molecule has 0 spiro atoms. The fraction of sp³-hybridized carbons (Fsp3) is 0.286. The van der Waals surface area contributed by atoms with Gasteiger partial charge in [0, 0.05) is 33.1 Å². The summed E-state index contributed by atoms with van der Waals surface area (Å²) in [6.07, 6.45) is 1.80. The van der Waals surface area contributed by atoms with Crippen molar-refractivity contribution < 1.29 is 4.18 Å². The van der Waals surface area contributed by atoms with Crippen molar-refractivity contribution in [2.75, 3.05) is 0 Å². The lowest BCUT2D eigenvalue weighted by Gasteiger charge is -1.98. The molecule has 60 valence electrons. The number of pyridine rings is 1. The van der Waals surface area contributed by atoms with Gasteiger partial charge >= 0.3 is 0 Å². The van der Waals surface area contributed by atoms with Crippen molar-refractivity contribution in [3.8, 4) is 0 Å². The van der Waals surface area contributed by atoms with Crippen molar-refractivity contribution in [2.45, 2.75) is 13.5 Å². The number of nitrogens with zero attached hydrogens (tertiary/aromatic N) is 1. The summed E-state index contributed by atoms with van der Waals surface area (Å²) in [5, 5.41) is 0. The minimum Gasteiger partial charge on any atom is -0.301 e. The summed E-state index contributed by atoms with van der Waals surface area (Å²) in [4.78, 5) is 4.08. The van der Waals surface area contributed by atoms with Crippen LogP contribution < -0.4 is 0 Å². The van der Waals surface area contributed by atoms with Crippen LogP contribution in [0.5, 0.6) is 0 Å². The number of halogens is 1. The molecule has 1 aromatic heterocycles. The quantitative estimate of drug-likeness (QED) is 0.628. The average molecular weight is 281 g/mol. The molecule has 0 aromatic carbocycles. The summed E-state index contributed by atoms with van der Waals surface area (Å²) in [7, 11) is 1.35. The van der Waals surface area contributed by atoms with E-state index < -0.39 is 0 Å². The lowest BCUT2D eigenvalue weighted by Crippen LogP contribution is -1.87. The van der Waals surface area contributed by atoms with Crippen LogP contribution in [0.25, 0.3) is 0 Å². The van der Waals surface area contributed by atoms with Crippen molar-refractivity contribution in [1.29, 1.82) is 0 Å². The van der Waals surface area contributed by atoms with Crippen LogP contribution in [0.1, 0.15) is 11.3 Å². The molecular formula is C7H8INOS. The van der Waals surface area contributed by atoms with Gasteiger partial charge in [-0.15, -0.1) is 0 Å². The van der Waals surface area contributed by atoms with E-state index in [-0.39, 0.29) is 0 Å². The van der Waals surface area contributed by atoms with Crippen molar-refractivity contribution >= 4 is 30.4 Å². The molecule has 0 amide bonds. The Morgan fingerprint density at radius 3 is 3.18 bits per heavy atom. The van der Waals surface area contributed by atoms with Crippen LogP contribution in [-0.4, -0.2) is 4.98 Å². The maximum absolute atomic E-state index is 5.15. The number of hydrogen-bond acceptors (Lipinski definition) is 3. The fourth-order valence-corrected chi connectivity index (χ4v) is 1.35. The van der Waals surface area contributed by atoms with Gasteiger partial charge in [-0.25, -0.2) is 0 Å². The van der Waals surface area contributed by atoms with Crippen LogP contribution in [0.3, 0.4) is 0 Å². The SMILES string of the molecule is Cc1cc(COSI)ccn1. The van der Waals surface area contributed by atoms with Crippen LogP contribution in [0.2, 0.25) is 0 Å². The number of hydrogen-bond donors (Lipinski definition) is 0. The molecule has 1 heterocycles. The molecule has 0 aliphatic rings. The molecule has 0 atom stereocenters. The standard InChI is InChI=1S/C7H8INOS/c1-6-4-7(2-3-9-6)5-10-11-8/h2-4H,5H2,1H3. The third kappa shape index (κ3) is 3.39. The maximum atomic E-state index is 5.15. The second kappa shape index (κ2) is 4.95. The molecule has 0 radical (unpaired) electrons. The lowest BCUT2D eigenvalue weighted by molar-refractivity contribution is 0.370. The predicted molar refractivity (Wildman–Crippen MR) is 55.4 cm³/mol. The molecule has 0 N–H and O–H groups in total. The van der Waals surface area contributed by atoms with E-state index in [0.717, 1.165) is 5.69 Å². The van der Waals surface area contributed by atoms with Crippen LogP contribution >= 0.6 is 30.4 Å². The molecular weight excluding hydrogens is 273 g/mol. The molecule has 1 rings (SSSR count). The predicted octanol–water partition coefficient (Wildman–Crippen LogP) is 2.90. The third-order valence-corrected chi connectivity index (χ3v) is 2.20. The smallest absolute Gasteiger partial charge is 0.0875 e. The highest BCUT2D eigenvalue weighted by Gasteiger charge is 1.92.